The first kappa shape index (κ1) is 36.8. The summed E-state index contributed by atoms with van der Waals surface area (Å²) < 4.78 is 0. The minimum Gasteiger partial charge on any atom is -0.376 e. The van der Waals surface area contributed by atoms with Gasteiger partial charge in [-0.3, -0.25) is 9.98 Å². The largest absolute Gasteiger partial charge is 0.376 e. The number of aliphatic imine (C=N–C) groups is 4. The maximum absolute atomic E-state index is 10.5. The standard InChI is InChI=1S/C36H42N16/c1-33(2,3)49-21-17(13-37)25-41-29(21)45-26-18(14-38)22(50-34(4,5)6)31(42-26)47-28-20(16-40)24(52-36(10,11)12)32(44-28)48-27-19(15-39)23(30(43-27)46-25)51-35(7,8)9/h41,49-50H,1-12H3,(H,43,46)(H,44,48)(H,42,45,47). The van der Waals surface area contributed by atoms with Gasteiger partial charge in [-0.25, -0.2) is 20.0 Å². The average Bonchev–Trinajstić information content (AvgIpc) is 3.67. The third kappa shape index (κ3) is 7.62. The molecule has 2 aromatic rings. The zero-order valence-corrected chi connectivity index (χ0v) is 31.5. The van der Waals surface area contributed by atoms with E-state index in [-0.39, 0.29) is 79.6 Å². The molecule has 0 saturated carbocycles. The smallest absolute Gasteiger partial charge is 0.161 e. The van der Waals surface area contributed by atoms with Crippen LogP contribution in [0.2, 0.25) is 0 Å². The molecule has 3 aliphatic heterocycles. The Balaban J connectivity index is 2.02. The highest BCUT2D eigenvalue weighted by molar-refractivity contribution is 6.53. The van der Waals surface area contributed by atoms with Gasteiger partial charge in [-0.1, -0.05) is 0 Å². The number of hydrogen-bond donors (Lipinski definition) is 6. The molecule has 16 heteroatoms. The number of aromatic nitrogens is 2. The Hall–Kier alpha value is -6.52. The summed E-state index contributed by atoms with van der Waals surface area (Å²) in [7, 11) is 0. The third-order valence-electron chi connectivity index (χ3n) is 7.03. The van der Waals surface area contributed by atoms with Crippen molar-refractivity contribution in [3.63, 3.8) is 0 Å². The summed E-state index contributed by atoms with van der Waals surface area (Å²) in [4.78, 5) is 35.3. The molecule has 6 N–H and O–H groups in total. The first-order chi connectivity index (χ1) is 24.0. The summed E-state index contributed by atoms with van der Waals surface area (Å²) >= 11 is 0. The Morgan fingerprint density at radius 3 is 1.46 bits per heavy atom. The fourth-order valence-electron chi connectivity index (χ4n) is 5.30. The van der Waals surface area contributed by atoms with E-state index < -0.39 is 22.2 Å². The van der Waals surface area contributed by atoms with Gasteiger partial charge in [0.05, 0.1) is 22.5 Å². The van der Waals surface area contributed by atoms with E-state index in [1.54, 1.807) is 0 Å². The molecule has 0 saturated heterocycles. The molecule has 0 atom stereocenters. The van der Waals surface area contributed by atoms with Crippen LogP contribution < -0.4 is 32.2 Å². The van der Waals surface area contributed by atoms with Crippen molar-refractivity contribution in [1.29, 1.82) is 21.0 Å². The Labute approximate surface area is 302 Å². The molecule has 0 radical (unpaired) electrons. The minimum absolute atomic E-state index is 0.0956. The molecule has 0 spiro atoms. The zero-order valence-electron chi connectivity index (χ0n) is 31.5. The summed E-state index contributed by atoms with van der Waals surface area (Å²) in [5, 5.41) is 55.0. The lowest BCUT2D eigenvalue weighted by Crippen LogP contribution is -2.30. The van der Waals surface area contributed by atoms with Gasteiger partial charge < -0.3 is 31.2 Å². The van der Waals surface area contributed by atoms with Gasteiger partial charge in [0.25, 0.3) is 0 Å². The second kappa shape index (κ2) is 12.7. The van der Waals surface area contributed by atoms with Crippen LogP contribution in [-0.2, 0) is 0 Å². The molecule has 52 heavy (non-hydrogen) atoms. The molecule has 3 aliphatic rings. The molecule has 0 amide bonds. The van der Waals surface area contributed by atoms with Crippen LogP contribution in [0.5, 0.6) is 0 Å². The van der Waals surface area contributed by atoms with Crippen molar-refractivity contribution in [3.05, 3.63) is 44.9 Å². The minimum atomic E-state index is -0.641. The maximum Gasteiger partial charge on any atom is 0.161 e. The van der Waals surface area contributed by atoms with Crippen molar-refractivity contribution >= 4 is 46.1 Å². The molecule has 16 nitrogen and oxygen atoms in total. The Morgan fingerprint density at radius 2 is 1.00 bits per heavy atom. The fourth-order valence-corrected chi connectivity index (χ4v) is 5.30. The summed E-state index contributed by atoms with van der Waals surface area (Å²) in [5.74, 6) is 0.870. The van der Waals surface area contributed by atoms with Gasteiger partial charge in [-0.15, -0.1) is 0 Å². The number of rotatable bonds is 2. The van der Waals surface area contributed by atoms with Crippen LogP contribution in [0.25, 0.3) is 0 Å². The first-order valence-electron chi connectivity index (χ1n) is 16.6. The summed E-state index contributed by atoms with van der Waals surface area (Å²) in [6.07, 6.45) is 0. The van der Waals surface area contributed by atoms with E-state index in [1.165, 1.54) is 0 Å². The quantitative estimate of drug-likeness (QED) is 0.256. The molecule has 5 rings (SSSR count). The highest BCUT2D eigenvalue weighted by Gasteiger charge is 2.35. The summed E-state index contributed by atoms with van der Waals surface area (Å²) in [6.45, 7) is 22.9. The fraction of sp³-hybridized carbons (Fsp3) is 0.444. The van der Waals surface area contributed by atoms with Crippen molar-refractivity contribution in [3.8, 4) is 24.3 Å². The summed E-state index contributed by atoms with van der Waals surface area (Å²) in [5.41, 5.74) is -0.329. The van der Waals surface area contributed by atoms with Crippen LogP contribution in [0.4, 0.5) is 23.0 Å². The SMILES string of the molecule is CC(C)(C)N=C1C2=Nc3[nH]c(c(NC(C)(C)C)c3C#N)N=c3[nH]c(c(NC(C)(C)C)c3C#N)=NC3=C(C#N)C(=NC(C)(C)C)C(=NC(=C1C#N)N2)N3. The molecule has 0 aromatic carbocycles. The normalized spacial score (nSPS) is 17.5. The van der Waals surface area contributed by atoms with Crippen molar-refractivity contribution in [2.24, 2.45) is 30.0 Å². The van der Waals surface area contributed by atoms with Gasteiger partial charge in [0.15, 0.2) is 45.9 Å². The molecule has 266 valence electrons. The lowest BCUT2D eigenvalue weighted by molar-refractivity contribution is 0.585. The second-order valence-corrected chi connectivity index (χ2v) is 16.4. The zero-order chi connectivity index (χ0) is 38.6. The first-order valence-corrected chi connectivity index (χ1v) is 16.6. The highest BCUT2D eigenvalue weighted by Crippen LogP contribution is 2.38. The van der Waals surface area contributed by atoms with Gasteiger partial charge in [0.1, 0.15) is 58.0 Å². The predicted octanol–water partition coefficient (Wildman–Crippen LogP) is 4.68. The number of nitrogens with one attached hydrogen (secondary N) is 6. The van der Waals surface area contributed by atoms with E-state index in [2.05, 4.69) is 55.5 Å². The van der Waals surface area contributed by atoms with Crippen LogP contribution in [0.3, 0.4) is 0 Å². The lowest BCUT2D eigenvalue weighted by Gasteiger charge is -2.22. The monoisotopic (exact) mass is 698 g/mol. The molecule has 8 bridgehead atoms. The van der Waals surface area contributed by atoms with Crippen LogP contribution in [0.1, 0.15) is 94.2 Å². The van der Waals surface area contributed by atoms with Gasteiger partial charge in [-0.05, 0) is 83.1 Å². The van der Waals surface area contributed by atoms with Crippen molar-refractivity contribution in [2.75, 3.05) is 10.6 Å². The van der Waals surface area contributed by atoms with Gasteiger partial charge in [-0.2, -0.15) is 21.0 Å². The number of nitriles is 4. The van der Waals surface area contributed by atoms with Crippen molar-refractivity contribution in [1.82, 2.24) is 20.6 Å². The number of aromatic amines is 2. The molecule has 0 unspecified atom stereocenters. The number of hydrogen-bond acceptors (Lipinski definition) is 14. The van der Waals surface area contributed by atoms with E-state index >= 15 is 0 Å². The van der Waals surface area contributed by atoms with Gasteiger partial charge in [0, 0.05) is 11.1 Å². The number of nitrogens with zero attached hydrogens (tertiary/aromatic N) is 10. The Bertz CT molecular complexity index is 2360. The molecule has 0 fully saturated rings. The van der Waals surface area contributed by atoms with E-state index in [0.29, 0.717) is 11.4 Å². The third-order valence-corrected chi connectivity index (χ3v) is 7.03. The Kier molecular flexibility index (Phi) is 8.95. The Morgan fingerprint density at radius 1 is 0.519 bits per heavy atom. The van der Waals surface area contributed by atoms with E-state index in [9.17, 15) is 21.0 Å². The highest BCUT2D eigenvalue weighted by atomic mass is 15.2. The average molecular weight is 699 g/mol. The van der Waals surface area contributed by atoms with Crippen molar-refractivity contribution in [2.45, 2.75) is 105 Å². The van der Waals surface area contributed by atoms with E-state index in [1.807, 2.05) is 83.1 Å². The molecule has 2 aromatic heterocycles. The number of H-pyrrole nitrogens is 2. The lowest BCUT2D eigenvalue weighted by atomic mass is 10.1. The van der Waals surface area contributed by atoms with E-state index in [0.717, 1.165) is 0 Å². The van der Waals surface area contributed by atoms with Crippen LogP contribution in [0.15, 0.2) is 52.7 Å². The van der Waals surface area contributed by atoms with Gasteiger partial charge in [0.2, 0.25) is 0 Å². The topological polar surface area (TPSA) is 249 Å². The predicted molar refractivity (Wildman–Crippen MR) is 200 cm³/mol. The van der Waals surface area contributed by atoms with Crippen LogP contribution in [-0.4, -0.2) is 55.2 Å². The molecule has 5 heterocycles. The van der Waals surface area contributed by atoms with Crippen molar-refractivity contribution < 1.29 is 0 Å². The maximum atomic E-state index is 10.5. The number of amidine groups is 2. The summed E-state index contributed by atoms with van der Waals surface area (Å²) in [6, 6.07) is 8.94. The number of fused-ring (bicyclic) bond motifs is 8. The van der Waals surface area contributed by atoms with Crippen LogP contribution in [0, 0.1) is 45.3 Å². The van der Waals surface area contributed by atoms with Gasteiger partial charge >= 0.3 is 0 Å². The van der Waals surface area contributed by atoms with Crippen LogP contribution >= 0.6 is 0 Å². The molecule has 0 aliphatic carbocycles. The molecular weight excluding hydrogens is 657 g/mol. The number of anilines is 2. The second-order valence-electron chi connectivity index (χ2n) is 16.4. The molecular formula is C36H42N16. The van der Waals surface area contributed by atoms with E-state index in [4.69, 9.17) is 30.0 Å².